The summed E-state index contributed by atoms with van der Waals surface area (Å²) in [5.41, 5.74) is 0. The third-order valence-electron chi connectivity index (χ3n) is 3.34. The molecule has 1 atom stereocenters. The lowest BCUT2D eigenvalue weighted by Gasteiger charge is -2.28. The Hall–Kier alpha value is -1.56. The van der Waals surface area contributed by atoms with Crippen molar-refractivity contribution in [2.24, 2.45) is 5.92 Å². The van der Waals surface area contributed by atoms with Gasteiger partial charge in [-0.05, 0) is 27.2 Å². The van der Waals surface area contributed by atoms with Crippen LogP contribution >= 0.6 is 0 Å². The molecular formula is C21H42N2O4. The number of rotatable bonds is 11. The molecule has 6 heteroatoms. The van der Waals surface area contributed by atoms with Crippen LogP contribution in [0.15, 0.2) is 0 Å². The Labute approximate surface area is 166 Å². The molecule has 0 rings (SSSR count). The molecule has 0 aliphatic carbocycles. The van der Waals surface area contributed by atoms with Crippen LogP contribution in [-0.2, 0) is 19.2 Å². The fraction of sp³-hybridized carbons (Fsp3) is 0.810. The zero-order valence-electron chi connectivity index (χ0n) is 19.1. The van der Waals surface area contributed by atoms with Crippen molar-refractivity contribution >= 4 is 23.3 Å². The van der Waals surface area contributed by atoms with Gasteiger partial charge in [-0.15, -0.1) is 0 Å². The third kappa shape index (κ3) is 19.0. The van der Waals surface area contributed by atoms with E-state index in [4.69, 9.17) is 0 Å². The van der Waals surface area contributed by atoms with E-state index in [0.29, 0.717) is 19.5 Å². The smallest absolute Gasteiger partial charge is 0.225 e. The van der Waals surface area contributed by atoms with E-state index in [1.165, 1.54) is 32.1 Å². The minimum absolute atomic E-state index is 0.0346. The van der Waals surface area contributed by atoms with Crippen LogP contribution in [0.3, 0.4) is 0 Å². The molecule has 0 aromatic heterocycles. The maximum absolute atomic E-state index is 12.3. The van der Waals surface area contributed by atoms with Crippen LogP contribution in [0.25, 0.3) is 0 Å². The summed E-state index contributed by atoms with van der Waals surface area (Å²) in [5.74, 6) is -0.363. The maximum atomic E-state index is 12.3. The van der Waals surface area contributed by atoms with E-state index in [0.717, 1.165) is 0 Å². The second-order valence-electron chi connectivity index (χ2n) is 6.59. The predicted octanol–water partition coefficient (Wildman–Crippen LogP) is 3.37. The first kappa shape index (κ1) is 30.2. The molecular weight excluding hydrogens is 344 g/mol. The molecule has 0 spiro atoms. The highest BCUT2D eigenvalue weighted by atomic mass is 16.2. The van der Waals surface area contributed by atoms with Gasteiger partial charge in [0.25, 0.3) is 0 Å². The van der Waals surface area contributed by atoms with Gasteiger partial charge in [-0.1, -0.05) is 48.0 Å². The zero-order valence-corrected chi connectivity index (χ0v) is 19.1. The van der Waals surface area contributed by atoms with Gasteiger partial charge in [-0.25, -0.2) is 0 Å². The summed E-state index contributed by atoms with van der Waals surface area (Å²) in [5, 5.41) is 0. The van der Waals surface area contributed by atoms with E-state index in [9.17, 15) is 19.2 Å². The summed E-state index contributed by atoms with van der Waals surface area (Å²) in [6.07, 6.45) is 1.96. The lowest BCUT2D eigenvalue weighted by atomic mass is 10.1. The number of hydrogen-bond acceptors (Lipinski definition) is 5. The molecule has 1 unspecified atom stereocenters. The second-order valence-corrected chi connectivity index (χ2v) is 6.59. The van der Waals surface area contributed by atoms with Crippen LogP contribution in [0.1, 0.15) is 75.2 Å². The first-order chi connectivity index (χ1) is 12.6. The van der Waals surface area contributed by atoms with E-state index in [1.54, 1.807) is 4.90 Å². The minimum Gasteiger partial charge on any atom is -0.334 e. The van der Waals surface area contributed by atoms with Crippen LogP contribution < -0.4 is 0 Å². The Bertz CT molecular complexity index is 420. The van der Waals surface area contributed by atoms with Gasteiger partial charge in [0, 0.05) is 19.0 Å². The van der Waals surface area contributed by atoms with Gasteiger partial charge in [0.1, 0.15) is 17.3 Å². The minimum atomic E-state index is -0.145. The summed E-state index contributed by atoms with van der Waals surface area (Å²) < 4.78 is 0. The van der Waals surface area contributed by atoms with Gasteiger partial charge >= 0.3 is 0 Å². The lowest BCUT2D eigenvalue weighted by molar-refractivity contribution is -0.138. The predicted molar refractivity (Wildman–Crippen MR) is 112 cm³/mol. The highest BCUT2D eigenvalue weighted by Gasteiger charge is 2.21. The molecule has 0 aromatic carbocycles. The van der Waals surface area contributed by atoms with E-state index < -0.39 is 0 Å². The Morgan fingerprint density at radius 3 is 1.41 bits per heavy atom. The summed E-state index contributed by atoms with van der Waals surface area (Å²) in [6.45, 7) is 17.5. The molecule has 0 heterocycles. The first-order valence-electron chi connectivity index (χ1n) is 10.1. The van der Waals surface area contributed by atoms with Crippen molar-refractivity contribution in [1.82, 2.24) is 9.80 Å². The van der Waals surface area contributed by atoms with Crippen molar-refractivity contribution < 1.29 is 19.2 Å². The Morgan fingerprint density at radius 2 is 1.11 bits per heavy atom. The highest BCUT2D eigenvalue weighted by molar-refractivity contribution is 5.85. The molecule has 0 fully saturated rings. The standard InChI is InChI=1S/C16H28N2O4.C3H8.C2H6/c1-6-12(2)16(22)18(11-15(5)21)8-7-17(9-13(3)19)10-14(4)20;1-3-2;1-2/h12H,6-11H2,1-5H3;3H2,1-2H3;1-2H3. The van der Waals surface area contributed by atoms with Gasteiger partial charge in [0.15, 0.2) is 0 Å². The van der Waals surface area contributed by atoms with Crippen molar-refractivity contribution in [3.05, 3.63) is 0 Å². The number of ketones is 3. The Morgan fingerprint density at radius 1 is 0.741 bits per heavy atom. The maximum Gasteiger partial charge on any atom is 0.225 e. The number of hydrogen-bond donors (Lipinski definition) is 0. The van der Waals surface area contributed by atoms with Crippen molar-refractivity contribution in [2.75, 3.05) is 32.7 Å². The van der Waals surface area contributed by atoms with Crippen LogP contribution in [-0.4, -0.2) is 65.8 Å². The van der Waals surface area contributed by atoms with E-state index in [1.807, 2.05) is 27.7 Å². The SMILES string of the molecule is CC.CCC.CCC(C)C(=O)N(CCN(CC(C)=O)CC(C)=O)CC(C)=O. The number of Topliss-reactive ketones (excluding diaryl/α,β-unsaturated/α-hetero) is 3. The van der Waals surface area contributed by atoms with Gasteiger partial charge in [-0.3, -0.25) is 24.1 Å². The number of amides is 1. The largest absolute Gasteiger partial charge is 0.334 e. The molecule has 0 radical (unpaired) electrons. The number of carbonyl (C=O) groups is 4. The monoisotopic (exact) mass is 386 g/mol. The van der Waals surface area contributed by atoms with Crippen molar-refractivity contribution in [3.63, 3.8) is 0 Å². The summed E-state index contributed by atoms with van der Waals surface area (Å²) >= 11 is 0. The van der Waals surface area contributed by atoms with E-state index >= 15 is 0 Å². The topological polar surface area (TPSA) is 74.8 Å². The summed E-state index contributed by atoms with van der Waals surface area (Å²) in [7, 11) is 0. The fourth-order valence-corrected chi connectivity index (χ4v) is 2.13. The van der Waals surface area contributed by atoms with Gasteiger partial charge < -0.3 is 4.90 Å². The molecule has 6 nitrogen and oxygen atoms in total. The molecule has 0 saturated carbocycles. The Balaban J connectivity index is -0.00000104. The molecule has 0 aliphatic heterocycles. The molecule has 27 heavy (non-hydrogen) atoms. The molecule has 0 aromatic rings. The quantitative estimate of drug-likeness (QED) is 0.544. The van der Waals surface area contributed by atoms with Gasteiger partial charge in [-0.2, -0.15) is 0 Å². The Kier molecular flexibility index (Phi) is 21.5. The lowest BCUT2D eigenvalue weighted by Crippen LogP contribution is -2.44. The first-order valence-corrected chi connectivity index (χ1v) is 10.1. The molecule has 160 valence electrons. The average Bonchev–Trinajstić information content (AvgIpc) is 2.58. The molecule has 0 saturated heterocycles. The van der Waals surface area contributed by atoms with Crippen LogP contribution in [0.2, 0.25) is 0 Å². The molecule has 0 N–H and O–H groups in total. The normalized spacial score (nSPS) is 10.7. The van der Waals surface area contributed by atoms with E-state index in [-0.39, 0.29) is 48.8 Å². The van der Waals surface area contributed by atoms with Crippen LogP contribution in [0.5, 0.6) is 0 Å². The number of carbonyl (C=O) groups excluding carboxylic acids is 4. The molecule has 0 aliphatic rings. The molecule has 0 bridgehead atoms. The van der Waals surface area contributed by atoms with Gasteiger partial charge in [0.2, 0.25) is 5.91 Å². The third-order valence-corrected chi connectivity index (χ3v) is 3.34. The number of nitrogens with zero attached hydrogens (tertiary/aromatic N) is 2. The fourth-order valence-electron chi connectivity index (χ4n) is 2.13. The highest BCUT2D eigenvalue weighted by Crippen LogP contribution is 2.07. The van der Waals surface area contributed by atoms with Crippen molar-refractivity contribution in [3.8, 4) is 0 Å². The summed E-state index contributed by atoms with van der Waals surface area (Å²) in [6, 6.07) is 0. The van der Waals surface area contributed by atoms with Gasteiger partial charge in [0.05, 0.1) is 19.6 Å². The second kappa shape index (κ2) is 19.2. The van der Waals surface area contributed by atoms with Crippen molar-refractivity contribution in [1.29, 1.82) is 0 Å². The van der Waals surface area contributed by atoms with Crippen LogP contribution in [0.4, 0.5) is 0 Å². The molecule has 1 amide bonds. The zero-order chi connectivity index (χ0) is 22.0. The van der Waals surface area contributed by atoms with E-state index in [2.05, 4.69) is 13.8 Å². The van der Waals surface area contributed by atoms with Crippen LogP contribution in [0, 0.1) is 5.92 Å². The average molecular weight is 387 g/mol. The summed E-state index contributed by atoms with van der Waals surface area (Å²) in [4.78, 5) is 49.4. The van der Waals surface area contributed by atoms with Crippen molar-refractivity contribution in [2.45, 2.75) is 75.2 Å².